The second-order valence-corrected chi connectivity index (χ2v) is 14.5. The van der Waals surface area contributed by atoms with Crippen LogP contribution in [0.3, 0.4) is 0 Å². The van der Waals surface area contributed by atoms with E-state index < -0.39 is 0 Å². The van der Waals surface area contributed by atoms with Crippen LogP contribution in [-0.2, 0) is 0 Å². The first-order valence-corrected chi connectivity index (χ1v) is 18.6. The number of nitrogens with one attached hydrogen (secondary N) is 1. The summed E-state index contributed by atoms with van der Waals surface area (Å²) in [5.74, 6) is 0. The molecule has 0 fully saturated rings. The van der Waals surface area contributed by atoms with E-state index in [1.165, 1.54) is 87.2 Å². The molecule has 0 bridgehead atoms. The first-order chi connectivity index (χ1) is 26.8. The van der Waals surface area contributed by atoms with Gasteiger partial charge in [0.25, 0.3) is 0 Å². The monoisotopic (exact) mass is 685 g/mol. The van der Waals surface area contributed by atoms with Crippen molar-refractivity contribution in [2.45, 2.75) is 0 Å². The third-order valence-electron chi connectivity index (χ3n) is 11.6. The van der Waals surface area contributed by atoms with Crippen molar-refractivity contribution >= 4 is 86.8 Å². The number of fused-ring (bicyclic) bond motifs is 10. The highest BCUT2D eigenvalue weighted by atomic mass is 16.3. The summed E-state index contributed by atoms with van der Waals surface area (Å²) in [6.07, 6.45) is 0. The molecule has 0 aliphatic heterocycles. The van der Waals surface area contributed by atoms with E-state index in [4.69, 9.17) is 4.42 Å². The molecule has 2 nitrogen and oxygen atoms in total. The van der Waals surface area contributed by atoms with Crippen molar-refractivity contribution < 1.29 is 4.42 Å². The van der Waals surface area contributed by atoms with Gasteiger partial charge >= 0.3 is 0 Å². The summed E-state index contributed by atoms with van der Waals surface area (Å²) < 4.78 is 6.53. The predicted octanol–water partition coefficient (Wildman–Crippen LogP) is 14.8. The Labute approximate surface area is 310 Å². The number of hydrogen-bond donors (Lipinski definition) is 1. The summed E-state index contributed by atoms with van der Waals surface area (Å²) in [6.45, 7) is 0. The predicted molar refractivity (Wildman–Crippen MR) is 229 cm³/mol. The normalized spacial score (nSPS) is 12.1. The molecular formula is C52H31NO. The molecule has 0 aliphatic rings. The molecular weight excluding hydrogens is 655 g/mol. The van der Waals surface area contributed by atoms with E-state index >= 15 is 0 Å². The zero-order chi connectivity index (χ0) is 35.3. The summed E-state index contributed by atoms with van der Waals surface area (Å²) >= 11 is 0. The number of H-pyrrole nitrogens is 1. The van der Waals surface area contributed by atoms with Crippen LogP contribution in [0.5, 0.6) is 0 Å². The van der Waals surface area contributed by atoms with Gasteiger partial charge in [0.05, 0.1) is 0 Å². The van der Waals surface area contributed by atoms with Gasteiger partial charge in [-0.25, -0.2) is 0 Å². The first kappa shape index (κ1) is 29.4. The highest BCUT2D eigenvalue weighted by Gasteiger charge is 2.20. The molecule has 2 aromatic heterocycles. The van der Waals surface area contributed by atoms with Gasteiger partial charge in [0.2, 0.25) is 0 Å². The van der Waals surface area contributed by atoms with Crippen molar-refractivity contribution in [1.29, 1.82) is 0 Å². The van der Waals surface area contributed by atoms with Crippen LogP contribution in [0, 0.1) is 0 Å². The topological polar surface area (TPSA) is 28.9 Å². The average molecular weight is 686 g/mol. The zero-order valence-electron chi connectivity index (χ0n) is 29.2. The van der Waals surface area contributed by atoms with Crippen LogP contribution in [0.2, 0.25) is 0 Å². The van der Waals surface area contributed by atoms with Gasteiger partial charge in [0.15, 0.2) is 0 Å². The lowest BCUT2D eigenvalue weighted by molar-refractivity contribution is 0.669. The van der Waals surface area contributed by atoms with Crippen molar-refractivity contribution in [3.63, 3.8) is 0 Å². The fourth-order valence-electron chi connectivity index (χ4n) is 9.13. The van der Waals surface area contributed by atoms with Crippen molar-refractivity contribution in [2.75, 3.05) is 0 Å². The number of rotatable bonds is 3. The maximum Gasteiger partial charge on any atom is 0.136 e. The van der Waals surface area contributed by atoms with Crippen molar-refractivity contribution in [2.24, 2.45) is 0 Å². The van der Waals surface area contributed by atoms with Crippen LogP contribution in [0.25, 0.3) is 120 Å². The van der Waals surface area contributed by atoms with E-state index in [-0.39, 0.29) is 0 Å². The number of aromatic amines is 1. The molecule has 0 spiro atoms. The highest BCUT2D eigenvalue weighted by molar-refractivity contribution is 6.24. The molecule has 0 saturated heterocycles. The molecule has 54 heavy (non-hydrogen) atoms. The minimum absolute atomic E-state index is 0.897. The second kappa shape index (κ2) is 11.2. The van der Waals surface area contributed by atoms with Crippen molar-refractivity contribution in [3.05, 3.63) is 182 Å². The van der Waals surface area contributed by atoms with E-state index in [1.807, 2.05) is 0 Å². The smallest absolute Gasteiger partial charge is 0.136 e. The Bertz CT molecular complexity index is 3440. The van der Waals surface area contributed by atoms with Gasteiger partial charge in [-0.05, 0) is 113 Å². The lowest BCUT2D eigenvalue weighted by Crippen LogP contribution is -1.92. The fraction of sp³-hybridized carbons (Fsp3) is 0. The van der Waals surface area contributed by atoms with E-state index in [9.17, 15) is 0 Å². The summed E-state index contributed by atoms with van der Waals surface area (Å²) in [6, 6.07) is 66.3. The molecule has 0 amide bonds. The van der Waals surface area contributed by atoms with Crippen LogP contribution >= 0.6 is 0 Å². The van der Waals surface area contributed by atoms with E-state index in [0.717, 1.165) is 33.0 Å². The number of aromatic nitrogens is 1. The van der Waals surface area contributed by atoms with Gasteiger partial charge in [0.1, 0.15) is 11.2 Å². The highest BCUT2D eigenvalue weighted by Crippen LogP contribution is 2.47. The molecule has 2 heteroatoms. The largest absolute Gasteiger partial charge is 0.456 e. The standard InChI is InChI=1S/C52H31NO/c1-2-12-31(13-3-1)51-38-18-8-10-20-40(38)52(41-21-11-9-19-39(41)51)42-24-23-35(36-16-6-7-17-37(36)42)34-22-25-49-45(27-34)46-29-48-44(30-50(46)54-49)43-26-32-14-4-5-15-33(32)28-47(43)53-48/h1-30,53H. The summed E-state index contributed by atoms with van der Waals surface area (Å²) in [7, 11) is 0. The number of furan rings is 1. The molecule has 0 unspecified atom stereocenters. The maximum absolute atomic E-state index is 6.53. The van der Waals surface area contributed by atoms with Gasteiger partial charge in [-0.1, -0.05) is 146 Å². The van der Waals surface area contributed by atoms with Crippen LogP contribution < -0.4 is 0 Å². The Morgan fingerprint density at radius 2 is 0.833 bits per heavy atom. The molecule has 0 aliphatic carbocycles. The quantitative estimate of drug-likeness (QED) is 0.184. The van der Waals surface area contributed by atoms with Crippen molar-refractivity contribution in [1.82, 2.24) is 4.98 Å². The van der Waals surface area contributed by atoms with E-state index in [1.54, 1.807) is 0 Å². The minimum atomic E-state index is 0.897. The molecule has 12 aromatic rings. The molecule has 12 rings (SSSR count). The van der Waals surface area contributed by atoms with Gasteiger partial charge in [0, 0.05) is 32.6 Å². The molecule has 1 N–H and O–H groups in total. The van der Waals surface area contributed by atoms with Crippen molar-refractivity contribution in [3.8, 4) is 33.4 Å². The van der Waals surface area contributed by atoms with Gasteiger partial charge in [-0.15, -0.1) is 0 Å². The first-order valence-electron chi connectivity index (χ1n) is 18.6. The van der Waals surface area contributed by atoms with Crippen LogP contribution in [0.4, 0.5) is 0 Å². The number of benzene rings is 10. The van der Waals surface area contributed by atoms with E-state index in [2.05, 4.69) is 187 Å². The van der Waals surface area contributed by atoms with E-state index in [0.29, 0.717) is 0 Å². The Morgan fingerprint density at radius 3 is 1.56 bits per heavy atom. The lowest BCUT2D eigenvalue weighted by atomic mass is 9.84. The second-order valence-electron chi connectivity index (χ2n) is 14.5. The third kappa shape index (κ3) is 4.22. The Kier molecular flexibility index (Phi) is 6.09. The van der Waals surface area contributed by atoms with Crippen LogP contribution in [0.1, 0.15) is 0 Å². The molecule has 250 valence electrons. The van der Waals surface area contributed by atoms with Gasteiger partial charge < -0.3 is 9.40 Å². The maximum atomic E-state index is 6.53. The molecule has 0 saturated carbocycles. The van der Waals surface area contributed by atoms with Crippen LogP contribution in [0.15, 0.2) is 186 Å². The Hall–Kier alpha value is -7.16. The SMILES string of the molecule is c1ccc(-c2c3ccccc3c(-c3ccc(-c4ccc5oc6cc7c(cc6c5c4)[nH]c4cc5ccccc5cc47)c4ccccc34)c3ccccc23)cc1. The Balaban J connectivity index is 1.06. The summed E-state index contributed by atoms with van der Waals surface area (Å²) in [5.41, 5.74) is 11.5. The van der Waals surface area contributed by atoms with Crippen LogP contribution in [-0.4, -0.2) is 4.98 Å². The van der Waals surface area contributed by atoms with Gasteiger partial charge in [-0.3, -0.25) is 0 Å². The molecule has 0 radical (unpaired) electrons. The molecule has 0 atom stereocenters. The fourth-order valence-corrected chi connectivity index (χ4v) is 9.13. The Morgan fingerprint density at radius 1 is 0.296 bits per heavy atom. The number of hydrogen-bond acceptors (Lipinski definition) is 1. The van der Waals surface area contributed by atoms with Gasteiger partial charge in [-0.2, -0.15) is 0 Å². The lowest BCUT2D eigenvalue weighted by Gasteiger charge is -2.19. The summed E-state index contributed by atoms with van der Waals surface area (Å²) in [5, 5.41) is 14.6. The summed E-state index contributed by atoms with van der Waals surface area (Å²) in [4.78, 5) is 3.71. The minimum Gasteiger partial charge on any atom is -0.456 e. The third-order valence-corrected chi connectivity index (χ3v) is 11.6. The molecule has 2 heterocycles. The molecule has 10 aromatic carbocycles. The zero-order valence-corrected chi connectivity index (χ0v) is 29.2. The average Bonchev–Trinajstić information content (AvgIpc) is 3.77.